The summed E-state index contributed by atoms with van der Waals surface area (Å²) >= 11 is 0. The predicted molar refractivity (Wildman–Crippen MR) is 80.6 cm³/mol. The van der Waals surface area contributed by atoms with Crippen molar-refractivity contribution in [1.29, 1.82) is 0 Å². The van der Waals surface area contributed by atoms with Crippen LogP contribution in [0.1, 0.15) is 44.0 Å². The highest BCUT2D eigenvalue weighted by Gasteiger charge is 2.12. The highest BCUT2D eigenvalue weighted by atomic mass is 32.2. The summed E-state index contributed by atoms with van der Waals surface area (Å²) in [6.45, 7) is 6.28. The average molecular weight is 297 g/mol. The average Bonchev–Trinajstić information content (AvgIpc) is 2.35. The van der Waals surface area contributed by atoms with Gasteiger partial charge in [-0.1, -0.05) is 13.8 Å². The highest BCUT2D eigenvalue weighted by Crippen LogP contribution is 2.11. The van der Waals surface area contributed by atoms with E-state index in [1.54, 1.807) is 12.1 Å². The van der Waals surface area contributed by atoms with Crippen molar-refractivity contribution in [3.05, 3.63) is 29.8 Å². The highest BCUT2D eigenvalue weighted by molar-refractivity contribution is 7.90. The summed E-state index contributed by atoms with van der Waals surface area (Å²) in [6.07, 6.45) is 3.15. The van der Waals surface area contributed by atoms with Crippen LogP contribution < -0.4 is 5.32 Å². The number of hydrogen-bond donors (Lipinski definition) is 1. The number of carbonyl (C=O) groups is 1. The van der Waals surface area contributed by atoms with E-state index < -0.39 is 9.84 Å². The first-order valence-corrected chi connectivity index (χ1v) is 8.70. The summed E-state index contributed by atoms with van der Waals surface area (Å²) in [6, 6.07) is 6.12. The van der Waals surface area contributed by atoms with Gasteiger partial charge in [-0.3, -0.25) is 4.79 Å². The van der Waals surface area contributed by atoms with Crippen molar-refractivity contribution in [1.82, 2.24) is 5.32 Å². The van der Waals surface area contributed by atoms with E-state index in [0.29, 0.717) is 11.5 Å². The molecule has 1 amide bonds. The zero-order valence-electron chi connectivity index (χ0n) is 12.5. The molecule has 5 heteroatoms. The molecule has 1 N–H and O–H groups in total. The monoisotopic (exact) mass is 297 g/mol. The van der Waals surface area contributed by atoms with Crippen LogP contribution in [0.2, 0.25) is 0 Å². The molecule has 0 heterocycles. The number of rotatable bonds is 6. The summed E-state index contributed by atoms with van der Waals surface area (Å²) < 4.78 is 22.7. The van der Waals surface area contributed by atoms with Crippen molar-refractivity contribution >= 4 is 15.7 Å². The lowest BCUT2D eigenvalue weighted by Gasteiger charge is -2.15. The van der Waals surface area contributed by atoms with Gasteiger partial charge in [-0.2, -0.15) is 0 Å². The van der Waals surface area contributed by atoms with Crippen molar-refractivity contribution in [3.63, 3.8) is 0 Å². The van der Waals surface area contributed by atoms with Gasteiger partial charge in [0, 0.05) is 17.9 Å². The molecule has 20 heavy (non-hydrogen) atoms. The molecule has 1 aromatic rings. The van der Waals surface area contributed by atoms with E-state index in [0.717, 1.165) is 19.1 Å². The molecule has 0 fully saturated rings. The van der Waals surface area contributed by atoms with Crippen LogP contribution in [0.3, 0.4) is 0 Å². The van der Waals surface area contributed by atoms with Gasteiger partial charge < -0.3 is 5.32 Å². The number of sulfone groups is 1. The molecular weight excluding hydrogens is 274 g/mol. The SMILES string of the molecule is CC(C)CCC(C)NC(=O)c1ccc(S(C)(=O)=O)cc1. The number of amides is 1. The quantitative estimate of drug-likeness (QED) is 0.878. The zero-order valence-corrected chi connectivity index (χ0v) is 13.3. The Balaban J connectivity index is 2.64. The first-order valence-electron chi connectivity index (χ1n) is 6.81. The Morgan fingerprint density at radius 3 is 2.10 bits per heavy atom. The Morgan fingerprint density at radius 2 is 1.65 bits per heavy atom. The third-order valence-electron chi connectivity index (χ3n) is 3.10. The second-order valence-corrected chi connectivity index (χ2v) is 7.66. The molecule has 4 nitrogen and oxygen atoms in total. The third kappa shape index (κ3) is 5.33. The summed E-state index contributed by atoms with van der Waals surface area (Å²) in [5, 5.41) is 2.92. The molecule has 0 radical (unpaired) electrons. The summed E-state index contributed by atoms with van der Waals surface area (Å²) in [7, 11) is -3.22. The molecule has 1 rings (SSSR count). The van der Waals surface area contributed by atoms with E-state index in [9.17, 15) is 13.2 Å². The summed E-state index contributed by atoms with van der Waals surface area (Å²) in [5.41, 5.74) is 0.480. The standard InChI is InChI=1S/C15H23NO3S/c1-11(2)5-6-12(3)16-15(17)13-7-9-14(10-8-13)20(4,18)19/h7-12H,5-6H2,1-4H3,(H,16,17). The maximum atomic E-state index is 12.0. The molecule has 0 saturated heterocycles. The van der Waals surface area contributed by atoms with Crippen molar-refractivity contribution in [2.24, 2.45) is 5.92 Å². The summed E-state index contributed by atoms with van der Waals surface area (Å²) in [5.74, 6) is 0.449. The molecule has 0 spiro atoms. The second kappa shape index (κ2) is 6.88. The van der Waals surface area contributed by atoms with Crippen molar-refractivity contribution in [2.45, 2.75) is 44.6 Å². The van der Waals surface area contributed by atoms with Gasteiger partial charge in [0.2, 0.25) is 0 Å². The molecule has 0 aliphatic heterocycles. The van der Waals surface area contributed by atoms with Crippen LogP contribution in [0.5, 0.6) is 0 Å². The van der Waals surface area contributed by atoms with Crippen LogP contribution in [0.25, 0.3) is 0 Å². The first-order chi connectivity index (χ1) is 9.20. The van der Waals surface area contributed by atoms with Crippen LogP contribution in [0.4, 0.5) is 0 Å². The molecule has 1 aromatic carbocycles. The molecular formula is C15H23NO3S. The van der Waals surface area contributed by atoms with Gasteiger partial charge in [-0.25, -0.2) is 8.42 Å². The maximum absolute atomic E-state index is 12.0. The van der Waals surface area contributed by atoms with Crippen LogP contribution in [-0.2, 0) is 9.84 Å². The number of benzene rings is 1. The molecule has 0 aromatic heterocycles. The fourth-order valence-corrected chi connectivity index (χ4v) is 2.45. The zero-order chi connectivity index (χ0) is 15.3. The number of carbonyl (C=O) groups excluding carboxylic acids is 1. The van der Waals surface area contributed by atoms with Crippen LogP contribution in [0, 0.1) is 5.92 Å². The second-order valence-electron chi connectivity index (χ2n) is 5.64. The number of hydrogen-bond acceptors (Lipinski definition) is 3. The van der Waals surface area contributed by atoms with Gasteiger partial charge in [-0.15, -0.1) is 0 Å². The minimum absolute atomic E-state index is 0.111. The van der Waals surface area contributed by atoms with E-state index in [4.69, 9.17) is 0 Å². The number of nitrogens with one attached hydrogen (secondary N) is 1. The maximum Gasteiger partial charge on any atom is 0.251 e. The van der Waals surface area contributed by atoms with E-state index in [2.05, 4.69) is 19.2 Å². The van der Waals surface area contributed by atoms with Gasteiger partial charge >= 0.3 is 0 Å². The first kappa shape index (κ1) is 16.7. The fraction of sp³-hybridized carbons (Fsp3) is 0.533. The van der Waals surface area contributed by atoms with E-state index in [-0.39, 0.29) is 16.8 Å². The molecule has 0 bridgehead atoms. The van der Waals surface area contributed by atoms with Gasteiger partial charge in [0.1, 0.15) is 0 Å². The predicted octanol–water partition coefficient (Wildman–Crippen LogP) is 2.64. The Hall–Kier alpha value is -1.36. The topological polar surface area (TPSA) is 63.2 Å². The largest absolute Gasteiger partial charge is 0.350 e. The smallest absolute Gasteiger partial charge is 0.251 e. The van der Waals surface area contributed by atoms with Gasteiger partial charge in [0.25, 0.3) is 5.91 Å². The van der Waals surface area contributed by atoms with Gasteiger partial charge in [0.15, 0.2) is 9.84 Å². The Bertz CT molecular complexity index is 547. The molecule has 112 valence electrons. The Labute approximate surface area is 121 Å². The molecule has 0 aliphatic carbocycles. The van der Waals surface area contributed by atoms with Crippen molar-refractivity contribution in [3.8, 4) is 0 Å². The Kier molecular flexibility index (Phi) is 5.74. The minimum Gasteiger partial charge on any atom is -0.350 e. The van der Waals surface area contributed by atoms with E-state index in [1.807, 2.05) is 6.92 Å². The normalized spacial score (nSPS) is 13.2. The van der Waals surface area contributed by atoms with Gasteiger partial charge in [0.05, 0.1) is 4.90 Å². The Morgan fingerprint density at radius 1 is 1.10 bits per heavy atom. The van der Waals surface area contributed by atoms with E-state index >= 15 is 0 Å². The van der Waals surface area contributed by atoms with Crippen LogP contribution in [0.15, 0.2) is 29.2 Å². The van der Waals surface area contributed by atoms with Crippen LogP contribution >= 0.6 is 0 Å². The molecule has 0 aliphatic rings. The fourth-order valence-electron chi connectivity index (χ4n) is 1.82. The lowest BCUT2D eigenvalue weighted by Crippen LogP contribution is -2.32. The third-order valence-corrected chi connectivity index (χ3v) is 4.23. The van der Waals surface area contributed by atoms with Crippen LogP contribution in [-0.4, -0.2) is 26.6 Å². The molecule has 1 atom stereocenters. The minimum atomic E-state index is -3.22. The lowest BCUT2D eigenvalue weighted by atomic mass is 10.0. The van der Waals surface area contributed by atoms with Crippen molar-refractivity contribution < 1.29 is 13.2 Å². The molecule has 0 saturated carbocycles. The van der Waals surface area contributed by atoms with E-state index in [1.165, 1.54) is 12.1 Å². The summed E-state index contributed by atoms with van der Waals surface area (Å²) in [4.78, 5) is 12.2. The molecule has 1 unspecified atom stereocenters. The van der Waals surface area contributed by atoms with Crippen molar-refractivity contribution in [2.75, 3.05) is 6.26 Å². The lowest BCUT2D eigenvalue weighted by molar-refractivity contribution is 0.0937. The van der Waals surface area contributed by atoms with Gasteiger partial charge in [-0.05, 0) is 49.9 Å².